The predicted octanol–water partition coefficient (Wildman–Crippen LogP) is 3.98. The fourth-order valence-electron chi connectivity index (χ4n) is 4.18. The maximum absolute atomic E-state index is 13.6. The molecule has 1 amide bonds. The van der Waals surface area contributed by atoms with Gasteiger partial charge in [0.15, 0.2) is 5.69 Å². The lowest BCUT2D eigenvalue weighted by molar-refractivity contribution is -0.140. The molecule has 2 fully saturated rings. The van der Waals surface area contributed by atoms with Crippen LogP contribution in [0, 0.1) is 5.92 Å². The first kappa shape index (κ1) is 23.3. The van der Waals surface area contributed by atoms with Gasteiger partial charge in [-0.25, -0.2) is 9.97 Å². The molecule has 3 aromatic heterocycles. The van der Waals surface area contributed by atoms with E-state index in [0.717, 1.165) is 18.3 Å². The maximum atomic E-state index is 13.6. The molecule has 0 spiro atoms. The van der Waals surface area contributed by atoms with Gasteiger partial charge in [-0.15, -0.1) is 0 Å². The van der Waals surface area contributed by atoms with Crippen LogP contribution in [0.2, 0.25) is 0 Å². The quantitative estimate of drug-likeness (QED) is 0.547. The number of anilines is 2. The van der Waals surface area contributed by atoms with E-state index in [1.807, 2.05) is 10.9 Å². The minimum Gasteiger partial charge on any atom is -0.388 e. The molecule has 1 saturated heterocycles. The van der Waals surface area contributed by atoms with E-state index in [-0.39, 0.29) is 12.2 Å². The van der Waals surface area contributed by atoms with Crippen LogP contribution in [0.1, 0.15) is 42.4 Å². The Morgan fingerprint density at radius 3 is 2.77 bits per heavy atom. The third-order valence-electron chi connectivity index (χ3n) is 6.26. The van der Waals surface area contributed by atoms with Crippen molar-refractivity contribution in [3.05, 3.63) is 54.2 Å². The van der Waals surface area contributed by atoms with Gasteiger partial charge in [0.05, 0.1) is 35.1 Å². The summed E-state index contributed by atoms with van der Waals surface area (Å²) in [7, 11) is 0. The van der Waals surface area contributed by atoms with Crippen LogP contribution in [-0.2, 0) is 12.7 Å². The molecule has 2 aliphatic rings. The van der Waals surface area contributed by atoms with E-state index >= 15 is 0 Å². The Labute approximate surface area is 199 Å². The van der Waals surface area contributed by atoms with Gasteiger partial charge in [0.25, 0.3) is 5.91 Å². The van der Waals surface area contributed by atoms with E-state index in [0.29, 0.717) is 30.3 Å². The first-order valence-electron chi connectivity index (χ1n) is 11.4. The van der Waals surface area contributed by atoms with Crippen LogP contribution in [0.3, 0.4) is 0 Å². The molecular formula is C24H25F3N6O2. The monoisotopic (exact) mass is 486 g/mol. The highest BCUT2D eigenvalue weighted by Gasteiger charge is 2.38. The average Bonchev–Trinajstić information content (AvgIpc) is 3.36. The topological polar surface area (TPSA) is 96.2 Å². The summed E-state index contributed by atoms with van der Waals surface area (Å²) in [6.07, 6.45) is 2.71. The molecule has 4 heterocycles. The number of hydrogen-bond donors (Lipinski definition) is 2. The normalized spacial score (nSPS) is 20.3. The molecule has 1 saturated carbocycles. The fourth-order valence-corrected chi connectivity index (χ4v) is 4.18. The molecule has 11 heteroatoms. The number of hydrogen-bond acceptors (Lipinski definition) is 6. The Hall–Kier alpha value is -3.47. The molecule has 0 bridgehead atoms. The molecule has 1 aliphatic carbocycles. The molecule has 1 unspecified atom stereocenters. The second-order valence-corrected chi connectivity index (χ2v) is 9.51. The largest absolute Gasteiger partial charge is 0.435 e. The van der Waals surface area contributed by atoms with Crippen molar-refractivity contribution < 1.29 is 23.1 Å². The van der Waals surface area contributed by atoms with Gasteiger partial charge in [0, 0.05) is 31.4 Å². The first-order valence-corrected chi connectivity index (χ1v) is 11.4. The van der Waals surface area contributed by atoms with Crippen LogP contribution in [0.4, 0.5) is 24.5 Å². The van der Waals surface area contributed by atoms with Crippen molar-refractivity contribution in [3.8, 4) is 11.3 Å². The summed E-state index contributed by atoms with van der Waals surface area (Å²) in [4.78, 5) is 22.6. The Morgan fingerprint density at radius 1 is 1.29 bits per heavy atom. The molecule has 1 atom stereocenters. The summed E-state index contributed by atoms with van der Waals surface area (Å²) >= 11 is 0. The number of pyridine rings is 2. The smallest absolute Gasteiger partial charge is 0.388 e. The van der Waals surface area contributed by atoms with E-state index in [2.05, 4.69) is 20.4 Å². The van der Waals surface area contributed by atoms with Crippen LogP contribution < -0.4 is 10.2 Å². The molecule has 0 aromatic carbocycles. The number of carbonyl (C=O) groups excluding carboxylic acids is 1. The number of aromatic nitrogens is 4. The number of β-amino-alcohol motifs (C(OH)–C–C–N with tert-alkyl or cyclic N) is 1. The van der Waals surface area contributed by atoms with Crippen LogP contribution >= 0.6 is 0 Å². The van der Waals surface area contributed by atoms with Crippen molar-refractivity contribution in [1.29, 1.82) is 0 Å². The molecule has 1 aliphatic heterocycles. The lowest BCUT2D eigenvalue weighted by Gasteiger charge is -2.22. The number of carbonyl (C=O) groups is 1. The van der Waals surface area contributed by atoms with Gasteiger partial charge in [-0.3, -0.25) is 9.48 Å². The second kappa shape index (κ2) is 8.63. The highest BCUT2D eigenvalue weighted by molar-refractivity contribution is 6.03. The number of alkyl halides is 3. The zero-order chi connectivity index (χ0) is 24.8. The average molecular weight is 486 g/mol. The van der Waals surface area contributed by atoms with Crippen LogP contribution in [0.5, 0.6) is 0 Å². The number of nitrogens with zero attached hydrogens (tertiary/aromatic N) is 5. The van der Waals surface area contributed by atoms with Crippen molar-refractivity contribution in [3.63, 3.8) is 0 Å². The van der Waals surface area contributed by atoms with Crippen LogP contribution in [-0.4, -0.2) is 49.5 Å². The number of nitrogens with one attached hydrogen (secondary N) is 1. The van der Waals surface area contributed by atoms with Crippen molar-refractivity contribution in [2.75, 3.05) is 23.3 Å². The predicted molar refractivity (Wildman–Crippen MR) is 123 cm³/mol. The van der Waals surface area contributed by atoms with Gasteiger partial charge < -0.3 is 15.3 Å². The summed E-state index contributed by atoms with van der Waals surface area (Å²) in [5, 5.41) is 16.9. The van der Waals surface area contributed by atoms with Gasteiger partial charge in [-0.05, 0) is 50.3 Å². The summed E-state index contributed by atoms with van der Waals surface area (Å²) < 4.78 is 42.7. The van der Waals surface area contributed by atoms with E-state index in [4.69, 9.17) is 0 Å². The zero-order valence-electron chi connectivity index (χ0n) is 19.1. The Balaban J connectivity index is 1.39. The molecule has 3 aromatic rings. The summed E-state index contributed by atoms with van der Waals surface area (Å²) in [6.45, 7) is 3.22. The zero-order valence-corrected chi connectivity index (χ0v) is 19.1. The SMILES string of the molecule is CC1(O)CCN(c2cnc(C(F)(F)F)c(NC(=O)c3cccc(-c4cnn(CC5CC5)c4)n3)c2)C1. The van der Waals surface area contributed by atoms with Gasteiger partial charge in [-0.2, -0.15) is 18.3 Å². The molecule has 184 valence electrons. The minimum absolute atomic E-state index is 0.0277. The van der Waals surface area contributed by atoms with E-state index in [9.17, 15) is 23.1 Å². The van der Waals surface area contributed by atoms with E-state index < -0.39 is 29.1 Å². The fraction of sp³-hybridized carbons (Fsp3) is 0.417. The summed E-state index contributed by atoms with van der Waals surface area (Å²) in [5.41, 5.74) is -1.02. The third kappa shape index (κ3) is 5.29. The third-order valence-corrected chi connectivity index (χ3v) is 6.26. The number of halogens is 3. The minimum atomic E-state index is -4.76. The Morgan fingerprint density at radius 2 is 2.09 bits per heavy atom. The first-order chi connectivity index (χ1) is 16.6. The molecule has 35 heavy (non-hydrogen) atoms. The van der Waals surface area contributed by atoms with E-state index in [1.54, 1.807) is 30.2 Å². The van der Waals surface area contributed by atoms with Crippen molar-refractivity contribution in [2.24, 2.45) is 5.92 Å². The summed E-state index contributed by atoms with van der Waals surface area (Å²) in [6, 6.07) is 6.02. The molecular weight excluding hydrogens is 461 g/mol. The number of amides is 1. The van der Waals surface area contributed by atoms with Crippen molar-refractivity contribution in [2.45, 2.75) is 44.5 Å². The van der Waals surface area contributed by atoms with Gasteiger partial charge >= 0.3 is 6.18 Å². The standard InChI is InChI=1S/C24H25F3N6O2/c1-23(35)7-8-32(14-23)17-9-20(21(28-11-17)24(25,26)27)31-22(34)19-4-2-3-18(30-19)16-10-29-33(13-16)12-15-5-6-15/h2-4,9-11,13,15,35H,5-8,12,14H2,1H3,(H,31,34). The molecule has 2 N–H and O–H groups in total. The highest BCUT2D eigenvalue weighted by atomic mass is 19.4. The Bertz CT molecular complexity index is 1250. The highest BCUT2D eigenvalue weighted by Crippen LogP contribution is 2.36. The molecule has 0 radical (unpaired) electrons. The summed E-state index contributed by atoms with van der Waals surface area (Å²) in [5.74, 6) is -0.137. The molecule has 8 nitrogen and oxygen atoms in total. The number of rotatable bonds is 6. The van der Waals surface area contributed by atoms with Gasteiger partial charge in [0.2, 0.25) is 0 Å². The number of aliphatic hydroxyl groups is 1. The lowest BCUT2D eigenvalue weighted by atomic mass is 10.1. The second-order valence-electron chi connectivity index (χ2n) is 9.51. The maximum Gasteiger partial charge on any atom is 0.435 e. The Kier molecular flexibility index (Phi) is 5.74. The van der Waals surface area contributed by atoms with E-state index in [1.165, 1.54) is 25.0 Å². The van der Waals surface area contributed by atoms with Crippen LogP contribution in [0.15, 0.2) is 42.9 Å². The van der Waals surface area contributed by atoms with Gasteiger partial charge in [-0.1, -0.05) is 6.07 Å². The van der Waals surface area contributed by atoms with Crippen molar-refractivity contribution >= 4 is 17.3 Å². The lowest BCUT2D eigenvalue weighted by Crippen LogP contribution is -2.30. The van der Waals surface area contributed by atoms with Gasteiger partial charge in [0.1, 0.15) is 5.69 Å². The van der Waals surface area contributed by atoms with Crippen molar-refractivity contribution in [1.82, 2.24) is 19.7 Å². The van der Waals surface area contributed by atoms with Crippen LogP contribution in [0.25, 0.3) is 11.3 Å². The molecule has 5 rings (SSSR count).